The predicted molar refractivity (Wildman–Crippen MR) is 97.7 cm³/mol. The zero-order chi connectivity index (χ0) is 19.3. The summed E-state index contributed by atoms with van der Waals surface area (Å²) in [5.74, 6) is 1.46. The van der Waals surface area contributed by atoms with Crippen LogP contribution in [0.2, 0.25) is 0 Å². The van der Waals surface area contributed by atoms with Gasteiger partial charge >= 0.3 is 0 Å². The molecule has 148 valence electrons. The Labute approximate surface area is 161 Å². The number of aliphatic hydroxyl groups excluding tert-OH is 1. The maximum atomic E-state index is 13.0. The zero-order valence-corrected chi connectivity index (χ0v) is 15.5. The third-order valence-electron chi connectivity index (χ3n) is 6.26. The normalized spacial score (nSPS) is 24.5. The smallest absolute Gasteiger partial charge is 0.272 e. The van der Waals surface area contributed by atoms with E-state index in [1.807, 2.05) is 0 Å². The molecule has 1 aliphatic heterocycles. The van der Waals surface area contributed by atoms with E-state index in [4.69, 9.17) is 4.74 Å². The summed E-state index contributed by atoms with van der Waals surface area (Å²) in [4.78, 5) is 27.8. The van der Waals surface area contributed by atoms with Crippen LogP contribution in [0, 0.1) is 16.7 Å². The van der Waals surface area contributed by atoms with Crippen LogP contribution in [0.1, 0.15) is 46.9 Å². The highest BCUT2D eigenvalue weighted by Gasteiger charge is 2.50. The molecule has 28 heavy (non-hydrogen) atoms. The van der Waals surface area contributed by atoms with Crippen molar-refractivity contribution in [2.24, 2.45) is 11.8 Å². The van der Waals surface area contributed by atoms with Gasteiger partial charge in [0, 0.05) is 29.6 Å². The van der Waals surface area contributed by atoms with Gasteiger partial charge in [-0.05, 0) is 37.5 Å². The molecule has 1 saturated carbocycles. The van der Waals surface area contributed by atoms with Crippen LogP contribution in [-0.2, 0) is 11.2 Å². The Kier molecular flexibility index (Phi) is 4.28. The molecule has 2 aromatic rings. The van der Waals surface area contributed by atoms with Gasteiger partial charge in [-0.3, -0.25) is 4.79 Å². The van der Waals surface area contributed by atoms with E-state index in [1.165, 1.54) is 12.4 Å². The lowest BCUT2D eigenvalue weighted by Crippen LogP contribution is -2.45. The Morgan fingerprint density at radius 3 is 3.04 bits per heavy atom. The minimum Gasteiger partial charge on any atom is -0.394 e. The van der Waals surface area contributed by atoms with Crippen molar-refractivity contribution < 1.29 is 19.1 Å². The van der Waals surface area contributed by atoms with Crippen molar-refractivity contribution >= 4 is 5.91 Å². The molecule has 9 nitrogen and oxygen atoms in total. The Bertz CT molecular complexity index is 961. The number of ether oxygens (including phenoxy) is 1. The molecule has 3 N–H and O–H groups in total. The van der Waals surface area contributed by atoms with Gasteiger partial charge < -0.3 is 20.1 Å². The molecule has 0 unspecified atom stereocenters. The number of rotatable bonds is 5. The van der Waals surface area contributed by atoms with Gasteiger partial charge in [0.05, 0.1) is 29.0 Å². The van der Waals surface area contributed by atoms with Crippen molar-refractivity contribution in [3.8, 4) is 5.82 Å². The number of carbonyl (C=O) groups excluding carboxylic acids is 1. The number of hydrogen-bond donors (Lipinski definition) is 3. The Balaban J connectivity index is 1.45. The molecule has 2 fully saturated rings. The quantitative estimate of drug-likeness (QED) is 0.639. The van der Waals surface area contributed by atoms with Crippen LogP contribution >= 0.6 is 0 Å². The summed E-state index contributed by atoms with van der Waals surface area (Å²) < 4.78 is 7.80. The molecule has 3 aliphatic rings. The van der Waals surface area contributed by atoms with Crippen molar-refractivity contribution in [2.45, 2.75) is 37.6 Å². The summed E-state index contributed by atoms with van der Waals surface area (Å²) in [7, 11) is 0. The van der Waals surface area contributed by atoms with Crippen molar-refractivity contribution in [3.63, 3.8) is 0 Å². The lowest BCUT2D eigenvalue weighted by atomic mass is 9.92. The van der Waals surface area contributed by atoms with Crippen LogP contribution in [0.25, 0.3) is 5.82 Å². The largest absolute Gasteiger partial charge is 0.394 e. The molecule has 0 radical (unpaired) electrons. The minimum absolute atomic E-state index is 0.104. The Hall–Kier alpha value is -2.52. The highest BCUT2D eigenvalue weighted by atomic mass is 16.5. The zero-order valence-electron chi connectivity index (χ0n) is 15.5. The van der Waals surface area contributed by atoms with Gasteiger partial charge in [-0.2, -0.15) is 5.10 Å². The van der Waals surface area contributed by atoms with Gasteiger partial charge in [-0.15, -0.1) is 0 Å². The van der Waals surface area contributed by atoms with E-state index in [2.05, 4.69) is 15.4 Å². The number of H-pyrrole nitrogens is 1. The number of aliphatic hydroxyl groups is 1. The molecule has 3 heterocycles. The number of carbonyl (C=O) groups is 1. The summed E-state index contributed by atoms with van der Waals surface area (Å²) >= 11 is 0. The maximum Gasteiger partial charge on any atom is 0.272 e. The first-order valence-corrected chi connectivity index (χ1v) is 9.88. The first kappa shape index (κ1) is 17.6. The van der Waals surface area contributed by atoms with Crippen LogP contribution in [-0.4, -0.2) is 51.6 Å². The predicted octanol–water partition coefficient (Wildman–Crippen LogP) is 0.292. The van der Waals surface area contributed by atoms with Crippen LogP contribution < -0.4 is 9.74 Å². The van der Waals surface area contributed by atoms with Gasteiger partial charge in [0.15, 0.2) is 5.69 Å². The topological polar surface area (TPSA) is 115 Å². The highest BCUT2D eigenvalue weighted by molar-refractivity contribution is 5.94. The minimum atomic E-state index is -0.305. The van der Waals surface area contributed by atoms with Crippen LogP contribution in [0.4, 0.5) is 0 Å². The molecule has 0 aromatic carbocycles. The van der Waals surface area contributed by atoms with Crippen molar-refractivity contribution in [1.82, 2.24) is 20.1 Å². The molecule has 2 aliphatic carbocycles. The summed E-state index contributed by atoms with van der Waals surface area (Å²) in [5.41, 5.74) is 2.41. The summed E-state index contributed by atoms with van der Waals surface area (Å²) in [5, 5.41) is 17.4. The molecule has 0 spiro atoms. The lowest BCUT2D eigenvalue weighted by molar-refractivity contribution is -0.495. The maximum absolute atomic E-state index is 13.0. The highest BCUT2D eigenvalue weighted by Crippen LogP contribution is 2.57. The molecule has 0 bridgehead atoms. The van der Waals surface area contributed by atoms with Gasteiger partial charge in [0.1, 0.15) is 0 Å². The second-order valence-electron chi connectivity index (χ2n) is 7.98. The number of aromatic amines is 1. The first-order chi connectivity index (χ1) is 13.7. The van der Waals surface area contributed by atoms with Gasteiger partial charge in [0.25, 0.3) is 12.1 Å². The van der Waals surface area contributed by atoms with E-state index < -0.39 is 0 Å². The third kappa shape index (κ3) is 2.94. The lowest BCUT2D eigenvalue weighted by Gasteiger charge is -2.29. The standard InChI is InChI=1S/C19H23N5O4/c25-10-15(11-1-5-28-6-2-11)21-19(26)17-14-8-12-7-13(12)18(14)24(22-17)16-9-23(27)4-3-20-16/h3-4,9,11-13,15,25H,1-2,5-8,10H2,(H-,20,21,26,27)/p+1/t12-,13-,15-/m1/s1. The van der Waals surface area contributed by atoms with E-state index in [0.717, 1.165) is 36.9 Å². The Morgan fingerprint density at radius 2 is 2.29 bits per heavy atom. The molecule has 1 amide bonds. The van der Waals surface area contributed by atoms with Gasteiger partial charge in [-0.25, -0.2) is 4.68 Å². The van der Waals surface area contributed by atoms with Crippen molar-refractivity contribution in [3.05, 3.63) is 40.4 Å². The monoisotopic (exact) mass is 386 g/mol. The van der Waals surface area contributed by atoms with E-state index in [0.29, 0.717) is 41.0 Å². The number of fused-ring (bicyclic) bond motifs is 3. The van der Waals surface area contributed by atoms with E-state index in [-0.39, 0.29) is 24.5 Å². The molecule has 3 atom stereocenters. The van der Waals surface area contributed by atoms with Gasteiger partial charge in [0.2, 0.25) is 12.0 Å². The molecular formula is C19H24N5O4+. The number of aromatic nitrogens is 4. The van der Waals surface area contributed by atoms with Crippen LogP contribution in [0.15, 0.2) is 18.6 Å². The second kappa shape index (κ2) is 6.82. The molecule has 1 saturated heterocycles. The van der Waals surface area contributed by atoms with Crippen molar-refractivity contribution in [1.29, 1.82) is 0 Å². The van der Waals surface area contributed by atoms with Crippen LogP contribution in [0.3, 0.4) is 0 Å². The summed E-state index contributed by atoms with van der Waals surface area (Å²) in [6.07, 6.45) is 7.95. The fourth-order valence-electron chi connectivity index (χ4n) is 4.66. The molecule has 2 aromatic heterocycles. The van der Waals surface area contributed by atoms with E-state index in [9.17, 15) is 14.8 Å². The first-order valence-electron chi connectivity index (χ1n) is 9.88. The van der Waals surface area contributed by atoms with Crippen LogP contribution in [0.5, 0.6) is 0 Å². The molecule has 9 heteroatoms. The fourth-order valence-corrected chi connectivity index (χ4v) is 4.66. The average molecular weight is 386 g/mol. The fraction of sp³-hybridized carbons (Fsp3) is 0.579. The van der Waals surface area contributed by atoms with Crippen molar-refractivity contribution in [2.75, 3.05) is 19.8 Å². The third-order valence-corrected chi connectivity index (χ3v) is 6.26. The van der Waals surface area contributed by atoms with Gasteiger partial charge in [-0.1, -0.05) is 0 Å². The SMILES string of the molecule is O=C(N[C@H](CO)C1CCOCC1)c1nn(-c2c[n+](=O)cc[nH]2)c2c1C[C@H]1C[C@@H]21. The molecular weight excluding hydrogens is 362 g/mol. The number of amides is 1. The average Bonchev–Trinajstić information content (AvgIpc) is 3.21. The number of nitrogens with one attached hydrogen (secondary N) is 2. The number of nitrogens with zero attached hydrogens (tertiary/aromatic N) is 3. The summed E-state index contributed by atoms with van der Waals surface area (Å²) in [6, 6.07) is -0.305. The number of hydrogen-bond acceptors (Lipinski definition) is 5. The van der Waals surface area contributed by atoms with E-state index >= 15 is 0 Å². The molecule has 5 rings (SSSR count). The second-order valence-corrected chi connectivity index (χ2v) is 7.98. The Morgan fingerprint density at radius 1 is 1.46 bits per heavy atom. The van der Waals surface area contributed by atoms with E-state index in [1.54, 1.807) is 10.9 Å². The summed E-state index contributed by atoms with van der Waals surface area (Å²) in [6.45, 7) is 1.21.